The molecule has 0 amide bonds. The van der Waals surface area contributed by atoms with Gasteiger partial charge in [0.15, 0.2) is 0 Å². The van der Waals surface area contributed by atoms with Crippen LogP contribution < -0.4 is 0 Å². The summed E-state index contributed by atoms with van der Waals surface area (Å²) in [6.45, 7) is 6.37. The first-order valence-electron chi connectivity index (χ1n) is 6.77. The first kappa shape index (κ1) is 12.0. The molecule has 0 aliphatic carbocycles. The maximum Gasteiger partial charge on any atom is 0.148 e. The van der Waals surface area contributed by atoms with Gasteiger partial charge in [-0.25, -0.2) is 0 Å². The SMILES string of the molecule is CCc1noc(C(C)C)c1-c1cc2ccccc2[nH]1. The monoisotopic (exact) mass is 254 g/mol. The molecule has 3 heteroatoms. The molecule has 2 heterocycles. The van der Waals surface area contributed by atoms with Gasteiger partial charge in [-0.1, -0.05) is 44.1 Å². The number of hydrogen-bond donors (Lipinski definition) is 1. The lowest BCUT2D eigenvalue weighted by Gasteiger charge is -2.03. The number of fused-ring (bicyclic) bond motifs is 1. The molecule has 0 saturated carbocycles. The Morgan fingerprint density at radius 3 is 2.74 bits per heavy atom. The van der Waals surface area contributed by atoms with Crippen LogP contribution in [0.15, 0.2) is 34.9 Å². The van der Waals surface area contributed by atoms with E-state index in [1.807, 2.05) is 6.07 Å². The third kappa shape index (κ3) is 1.95. The van der Waals surface area contributed by atoms with Crippen LogP contribution >= 0.6 is 0 Å². The summed E-state index contributed by atoms with van der Waals surface area (Å²) in [5.41, 5.74) is 4.41. The van der Waals surface area contributed by atoms with E-state index in [-0.39, 0.29) is 0 Å². The van der Waals surface area contributed by atoms with Crippen molar-refractivity contribution in [2.45, 2.75) is 33.1 Å². The highest BCUT2D eigenvalue weighted by Gasteiger charge is 2.20. The van der Waals surface area contributed by atoms with E-state index in [1.165, 1.54) is 5.39 Å². The van der Waals surface area contributed by atoms with Crippen molar-refractivity contribution >= 4 is 10.9 Å². The van der Waals surface area contributed by atoms with E-state index in [4.69, 9.17) is 4.52 Å². The Bertz CT molecular complexity index is 673. The first-order chi connectivity index (χ1) is 9.20. The van der Waals surface area contributed by atoms with Gasteiger partial charge in [0.05, 0.1) is 17.0 Å². The minimum atomic E-state index is 0.328. The molecule has 0 radical (unpaired) electrons. The smallest absolute Gasteiger partial charge is 0.148 e. The standard InChI is InChI=1S/C16H18N2O/c1-4-12-15(16(10(2)3)19-18-12)14-9-11-7-5-6-8-13(11)17-14/h5-10,17H,4H2,1-3H3. The predicted molar refractivity (Wildman–Crippen MR) is 77.3 cm³/mol. The number of nitrogens with one attached hydrogen (secondary N) is 1. The van der Waals surface area contributed by atoms with E-state index in [1.54, 1.807) is 0 Å². The highest BCUT2D eigenvalue weighted by molar-refractivity contribution is 5.86. The molecule has 0 atom stereocenters. The largest absolute Gasteiger partial charge is 0.360 e. The van der Waals surface area contributed by atoms with Gasteiger partial charge >= 0.3 is 0 Å². The number of hydrogen-bond acceptors (Lipinski definition) is 2. The molecule has 3 aromatic rings. The van der Waals surface area contributed by atoms with Gasteiger partial charge in [0.2, 0.25) is 0 Å². The number of aromatic amines is 1. The van der Waals surface area contributed by atoms with Crippen LogP contribution in [0, 0.1) is 0 Å². The molecule has 1 aromatic carbocycles. The second-order valence-corrected chi connectivity index (χ2v) is 5.15. The number of benzene rings is 1. The van der Waals surface area contributed by atoms with E-state index in [0.29, 0.717) is 5.92 Å². The predicted octanol–water partition coefficient (Wildman–Crippen LogP) is 4.51. The van der Waals surface area contributed by atoms with Gasteiger partial charge < -0.3 is 9.51 Å². The molecule has 0 bridgehead atoms. The fraction of sp³-hybridized carbons (Fsp3) is 0.312. The molecule has 3 rings (SSSR count). The molecule has 3 nitrogen and oxygen atoms in total. The van der Waals surface area contributed by atoms with Crippen LogP contribution in [0.1, 0.15) is 38.1 Å². The highest BCUT2D eigenvalue weighted by atomic mass is 16.5. The first-order valence-corrected chi connectivity index (χ1v) is 6.77. The molecule has 0 unspecified atom stereocenters. The molecule has 98 valence electrons. The Morgan fingerprint density at radius 2 is 2.05 bits per heavy atom. The summed E-state index contributed by atoms with van der Waals surface area (Å²) < 4.78 is 5.53. The van der Waals surface area contributed by atoms with Crippen molar-refractivity contribution in [1.29, 1.82) is 0 Å². The van der Waals surface area contributed by atoms with Gasteiger partial charge in [0.1, 0.15) is 5.76 Å². The van der Waals surface area contributed by atoms with Crippen LogP contribution in [0.5, 0.6) is 0 Å². The van der Waals surface area contributed by atoms with Crippen molar-refractivity contribution in [2.24, 2.45) is 0 Å². The zero-order valence-corrected chi connectivity index (χ0v) is 11.5. The van der Waals surface area contributed by atoms with E-state index in [2.05, 4.69) is 55.2 Å². The number of aryl methyl sites for hydroxylation is 1. The molecule has 2 aromatic heterocycles. The third-order valence-electron chi connectivity index (χ3n) is 3.45. The van der Waals surface area contributed by atoms with Gasteiger partial charge in [0, 0.05) is 16.8 Å². The van der Waals surface area contributed by atoms with Gasteiger partial charge in [0.25, 0.3) is 0 Å². The van der Waals surface area contributed by atoms with Crippen molar-refractivity contribution in [3.05, 3.63) is 41.8 Å². The fourth-order valence-electron chi connectivity index (χ4n) is 2.47. The number of rotatable bonds is 3. The molecule has 0 spiro atoms. The van der Waals surface area contributed by atoms with Crippen molar-refractivity contribution in [2.75, 3.05) is 0 Å². The van der Waals surface area contributed by atoms with Gasteiger partial charge in [-0.2, -0.15) is 0 Å². The van der Waals surface area contributed by atoms with Gasteiger partial charge in [-0.15, -0.1) is 0 Å². The van der Waals surface area contributed by atoms with Gasteiger partial charge in [-0.05, 0) is 18.6 Å². The van der Waals surface area contributed by atoms with Crippen LogP contribution in [0.3, 0.4) is 0 Å². The normalized spacial score (nSPS) is 11.6. The quantitative estimate of drug-likeness (QED) is 0.747. The van der Waals surface area contributed by atoms with Crippen LogP contribution in [-0.4, -0.2) is 10.1 Å². The molecule has 0 fully saturated rings. The molecule has 19 heavy (non-hydrogen) atoms. The van der Waals surface area contributed by atoms with Crippen molar-refractivity contribution < 1.29 is 4.52 Å². The minimum absolute atomic E-state index is 0.328. The average Bonchev–Trinajstić information content (AvgIpc) is 3.01. The molecule has 0 saturated heterocycles. The van der Waals surface area contributed by atoms with Crippen molar-refractivity contribution in [1.82, 2.24) is 10.1 Å². The Morgan fingerprint density at radius 1 is 1.26 bits per heavy atom. The Labute approximate surface area is 112 Å². The second kappa shape index (κ2) is 4.57. The summed E-state index contributed by atoms with van der Waals surface area (Å²) in [6, 6.07) is 10.5. The second-order valence-electron chi connectivity index (χ2n) is 5.15. The number of aromatic nitrogens is 2. The molecule has 0 aliphatic heterocycles. The maximum atomic E-state index is 5.53. The van der Waals surface area contributed by atoms with Crippen molar-refractivity contribution in [3.63, 3.8) is 0 Å². The van der Waals surface area contributed by atoms with Crippen molar-refractivity contribution in [3.8, 4) is 11.3 Å². The van der Waals surface area contributed by atoms with Gasteiger partial charge in [-0.3, -0.25) is 0 Å². The molecular weight excluding hydrogens is 236 g/mol. The number of nitrogens with zero attached hydrogens (tertiary/aromatic N) is 1. The Balaban J connectivity index is 2.22. The summed E-state index contributed by atoms with van der Waals surface area (Å²) in [5.74, 6) is 1.29. The van der Waals surface area contributed by atoms with E-state index >= 15 is 0 Å². The van der Waals surface area contributed by atoms with E-state index in [0.717, 1.165) is 34.6 Å². The lowest BCUT2D eigenvalue weighted by Crippen LogP contribution is -1.91. The summed E-state index contributed by atoms with van der Waals surface area (Å²) in [6.07, 6.45) is 0.876. The Hall–Kier alpha value is -2.03. The zero-order chi connectivity index (χ0) is 13.4. The lowest BCUT2D eigenvalue weighted by molar-refractivity contribution is 0.366. The number of para-hydroxylation sites is 1. The van der Waals surface area contributed by atoms with E-state index < -0.39 is 0 Å². The molecule has 1 N–H and O–H groups in total. The summed E-state index contributed by atoms with van der Waals surface area (Å²) in [4.78, 5) is 3.47. The van der Waals surface area contributed by atoms with Crippen LogP contribution in [0.4, 0.5) is 0 Å². The topological polar surface area (TPSA) is 41.8 Å². The third-order valence-corrected chi connectivity index (χ3v) is 3.45. The zero-order valence-electron chi connectivity index (χ0n) is 11.5. The lowest BCUT2D eigenvalue weighted by atomic mass is 10.0. The Kier molecular flexibility index (Phi) is 2.90. The highest BCUT2D eigenvalue weighted by Crippen LogP contribution is 2.33. The summed E-state index contributed by atoms with van der Waals surface area (Å²) in [5, 5.41) is 5.43. The summed E-state index contributed by atoms with van der Waals surface area (Å²) >= 11 is 0. The van der Waals surface area contributed by atoms with Crippen LogP contribution in [0.2, 0.25) is 0 Å². The van der Waals surface area contributed by atoms with E-state index in [9.17, 15) is 0 Å². The minimum Gasteiger partial charge on any atom is -0.360 e. The molecular formula is C16H18N2O. The maximum absolute atomic E-state index is 5.53. The average molecular weight is 254 g/mol. The molecule has 0 aliphatic rings. The summed E-state index contributed by atoms with van der Waals surface area (Å²) in [7, 11) is 0. The van der Waals surface area contributed by atoms with Crippen LogP contribution in [-0.2, 0) is 6.42 Å². The number of H-pyrrole nitrogens is 1. The van der Waals surface area contributed by atoms with Crippen LogP contribution in [0.25, 0.3) is 22.2 Å². The fourth-order valence-corrected chi connectivity index (χ4v) is 2.47.